The van der Waals surface area contributed by atoms with Gasteiger partial charge in [-0.25, -0.2) is 0 Å². The number of carbonyl (C=O) groups excluding carboxylic acids is 2. The van der Waals surface area contributed by atoms with Gasteiger partial charge in [-0.3, -0.25) is 14.5 Å². The monoisotopic (exact) mass is 520 g/mol. The van der Waals surface area contributed by atoms with Gasteiger partial charge in [-0.15, -0.1) is 0 Å². The van der Waals surface area contributed by atoms with E-state index >= 15 is 0 Å². The topological polar surface area (TPSA) is 88.5 Å². The highest BCUT2D eigenvalue weighted by molar-refractivity contribution is 6.51. The molecule has 1 amide bonds. The Labute approximate surface area is 219 Å². The van der Waals surface area contributed by atoms with Crippen LogP contribution in [0.3, 0.4) is 0 Å². The van der Waals surface area contributed by atoms with E-state index in [-0.39, 0.29) is 16.9 Å². The lowest BCUT2D eigenvalue weighted by Crippen LogP contribution is -2.29. The summed E-state index contributed by atoms with van der Waals surface area (Å²) in [5.74, 6) is -0.628. The molecule has 0 bridgehead atoms. The average Bonchev–Trinajstić information content (AvgIpc) is 3.18. The maximum atomic E-state index is 13.5. The van der Waals surface area contributed by atoms with Crippen LogP contribution in [0.25, 0.3) is 5.76 Å². The Morgan fingerprint density at radius 1 is 1.00 bits per heavy atom. The summed E-state index contributed by atoms with van der Waals surface area (Å²) in [5.41, 5.74) is 2.16. The summed E-state index contributed by atoms with van der Waals surface area (Å²) in [6.45, 7) is 0.801. The predicted molar refractivity (Wildman–Crippen MR) is 141 cm³/mol. The van der Waals surface area contributed by atoms with Gasteiger partial charge in [0.15, 0.2) is 11.5 Å². The highest BCUT2D eigenvalue weighted by atomic mass is 35.5. The van der Waals surface area contributed by atoms with Gasteiger partial charge in [0.25, 0.3) is 11.7 Å². The molecule has 1 saturated heterocycles. The smallest absolute Gasteiger partial charge is 0.300 e. The largest absolute Gasteiger partial charge is 0.507 e. The van der Waals surface area contributed by atoms with E-state index in [0.29, 0.717) is 46.7 Å². The number of aliphatic hydroxyl groups excluding tert-OH is 1. The highest BCUT2D eigenvalue weighted by Gasteiger charge is 2.47. The first kappa shape index (κ1) is 24.5. The third-order valence-electron chi connectivity index (χ3n) is 6.39. The van der Waals surface area contributed by atoms with Crippen molar-refractivity contribution in [3.63, 3.8) is 0 Å². The fourth-order valence-electron chi connectivity index (χ4n) is 4.56. The van der Waals surface area contributed by atoms with Gasteiger partial charge < -0.3 is 24.2 Å². The van der Waals surface area contributed by atoms with E-state index in [1.807, 2.05) is 43.3 Å². The van der Waals surface area contributed by atoms with Crippen molar-refractivity contribution in [3.05, 3.63) is 82.4 Å². The molecule has 0 aliphatic carbocycles. The zero-order chi connectivity index (χ0) is 26.3. The molecule has 3 aromatic rings. The number of hydrogen-bond donors (Lipinski definition) is 1. The van der Waals surface area contributed by atoms with Crippen LogP contribution in [0.4, 0.5) is 11.4 Å². The third-order valence-corrected chi connectivity index (χ3v) is 6.63. The molecule has 1 fully saturated rings. The van der Waals surface area contributed by atoms with Crippen LogP contribution in [0.5, 0.6) is 17.2 Å². The Hall–Kier alpha value is -4.17. The Morgan fingerprint density at radius 2 is 1.70 bits per heavy atom. The molecule has 0 spiro atoms. The van der Waals surface area contributed by atoms with Crippen LogP contribution in [0, 0.1) is 0 Å². The highest BCUT2D eigenvalue weighted by Crippen LogP contribution is 2.45. The number of carbonyl (C=O) groups is 2. The van der Waals surface area contributed by atoms with Crippen molar-refractivity contribution in [1.82, 2.24) is 0 Å². The first-order chi connectivity index (χ1) is 17.8. The van der Waals surface area contributed by atoms with Gasteiger partial charge in [-0.1, -0.05) is 23.7 Å². The molecule has 0 radical (unpaired) electrons. The number of Topliss-reactive ketones (excluding diaryl/α,β-unsaturated/α-hetero) is 1. The minimum atomic E-state index is -0.914. The number of hydrogen-bond acceptors (Lipinski definition) is 7. The molecule has 2 aliphatic heterocycles. The number of aliphatic hydroxyl groups is 1. The van der Waals surface area contributed by atoms with Gasteiger partial charge in [0.2, 0.25) is 0 Å². The van der Waals surface area contributed by atoms with Gasteiger partial charge in [-0.2, -0.15) is 0 Å². The molecule has 1 unspecified atom stereocenters. The van der Waals surface area contributed by atoms with E-state index in [9.17, 15) is 14.7 Å². The minimum Gasteiger partial charge on any atom is -0.507 e. The van der Waals surface area contributed by atoms with Crippen LogP contribution in [0.15, 0.2) is 66.2 Å². The second-order valence-corrected chi connectivity index (χ2v) is 9.26. The molecule has 190 valence electrons. The van der Waals surface area contributed by atoms with E-state index in [2.05, 4.69) is 0 Å². The van der Waals surface area contributed by atoms with Gasteiger partial charge >= 0.3 is 0 Å². The maximum Gasteiger partial charge on any atom is 0.300 e. The number of ketones is 1. The molecule has 1 atom stereocenters. The second kappa shape index (κ2) is 9.71. The molecule has 0 saturated carbocycles. The van der Waals surface area contributed by atoms with Gasteiger partial charge in [-0.05, 0) is 48.0 Å². The van der Waals surface area contributed by atoms with Crippen molar-refractivity contribution in [2.75, 3.05) is 44.2 Å². The Bertz CT molecular complexity index is 1420. The van der Waals surface area contributed by atoms with E-state index in [1.165, 1.54) is 18.1 Å². The quantitative estimate of drug-likeness (QED) is 0.293. The number of methoxy groups -OCH3 is 1. The van der Waals surface area contributed by atoms with Crippen LogP contribution in [-0.4, -0.2) is 51.2 Å². The summed E-state index contributed by atoms with van der Waals surface area (Å²) in [5, 5.41) is 11.8. The van der Waals surface area contributed by atoms with Crippen molar-refractivity contribution >= 4 is 40.4 Å². The number of nitrogens with zero attached hydrogens (tertiary/aromatic N) is 2. The lowest BCUT2D eigenvalue weighted by Gasteiger charge is -2.27. The van der Waals surface area contributed by atoms with Crippen molar-refractivity contribution in [2.24, 2.45) is 0 Å². The van der Waals surface area contributed by atoms with Gasteiger partial charge in [0, 0.05) is 36.6 Å². The summed E-state index contributed by atoms with van der Waals surface area (Å²) < 4.78 is 16.7. The molecular weight excluding hydrogens is 496 g/mol. The summed E-state index contributed by atoms with van der Waals surface area (Å²) in [6.07, 6.45) is 0. The molecule has 1 N–H and O–H groups in total. The summed E-state index contributed by atoms with van der Waals surface area (Å²) in [4.78, 5) is 30.3. The Balaban J connectivity index is 1.72. The zero-order valence-electron chi connectivity index (χ0n) is 20.5. The van der Waals surface area contributed by atoms with E-state index in [1.54, 1.807) is 30.3 Å². The molecular formula is C28H25ClN2O6. The lowest BCUT2D eigenvalue weighted by molar-refractivity contribution is -0.132. The molecule has 37 heavy (non-hydrogen) atoms. The van der Waals surface area contributed by atoms with Crippen LogP contribution >= 0.6 is 11.6 Å². The van der Waals surface area contributed by atoms with Crippen LogP contribution < -0.4 is 24.0 Å². The van der Waals surface area contributed by atoms with E-state index < -0.39 is 17.7 Å². The number of amides is 1. The number of ether oxygens (including phenoxy) is 3. The van der Waals surface area contributed by atoms with E-state index in [0.717, 1.165) is 5.69 Å². The summed E-state index contributed by atoms with van der Waals surface area (Å²) in [6, 6.07) is 16.3. The number of anilines is 2. The maximum absolute atomic E-state index is 13.5. The SMILES string of the molecule is COc1ccc(Cl)cc1/C(O)=C1\C(=O)C(=O)N(c2ccc3c(c2)OCCO3)C1c1ccc(N(C)C)cc1. The second-order valence-electron chi connectivity index (χ2n) is 8.83. The number of rotatable bonds is 5. The molecule has 9 heteroatoms. The standard InChI is InChI=1S/C28H25ClN2O6/c1-30(2)18-7-4-16(5-8-18)25-24(26(32)20-14-17(29)6-10-21(20)35-3)27(33)28(34)31(25)19-9-11-22-23(15-19)37-13-12-36-22/h4-11,14-15,25,32H,12-13H2,1-3H3/b26-24+. The fourth-order valence-corrected chi connectivity index (χ4v) is 4.73. The zero-order valence-corrected chi connectivity index (χ0v) is 21.3. The van der Waals surface area contributed by atoms with Crippen molar-refractivity contribution in [2.45, 2.75) is 6.04 Å². The third kappa shape index (κ3) is 4.34. The summed E-state index contributed by atoms with van der Waals surface area (Å²) >= 11 is 6.20. The van der Waals surface area contributed by atoms with Gasteiger partial charge in [0.05, 0.1) is 24.3 Å². The molecule has 3 aromatic carbocycles. The lowest BCUT2D eigenvalue weighted by atomic mass is 9.94. The molecule has 2 heterocycles. The fraction of sp³-hybridized carbons (Fsp3) is 0.214. The number of fused-ring (bicyclic) bond motifs is 1. The first-order valence-corrected chi connectivity index (χ1v) is 12.0. The number of halogens is 1. The van der Waals surface area contributed by atoms with Crippen LogP contribution in [0.2, 0.25) is 5.02 Å². The Morgan fingerprint density at radius 3 is 2.38 bits per heavy atom. The number of benzene rings is 3. The molecule has 0 aromatic heterocycles. The minimum absolute atomic E-state index is 0.0712. The van der Waals surface area contributed by atoms with Crippen molar-refractivity contribution in [1.29, 1.82) is 0 Å². The van der Waals surface area contributed by atoms with Gasteiger partial charge in [0.1, 0.15) is 24.7 Å². The van der Waals surface area contributed by atoms with Crippen LogP contribution in [-0.2, 0) is 9.59 Å². The van der Waals surface area contributed by atoms with E-state index in [4.69, 9.17) is 25.8 Å². The normalized spacial score (nSPS) is 18.2. The molecule has 5 rings (SSSR count). The Kier molecular flexibility index (Phi) is 6.43. The summed E-state index contributed by atoms with van der Waals surface area (Å²) in [7, 11) is 5.29. The first-order valence-electron chi connectivity index (χ1n) is 11.6. The average molecular weight is 521 g/mol. The van der Waals surface area contributed by atoms with Crippen LogP contribution in [0.1, 0.15) is 17.2 Å². The molecule has 2 aliphatic rings. The van der Waals surface area contributed by atoms with Crippen molar-refractivity contribution < 1.29 is 28.9 Å². The molecule has 8 nitrogen and oxygen atoms in total. The predicted octanol–water partition coefficient (Wildman–Crippen LogP) is 4.81. The van der Waals surface area contributed by atoms with Crippen molar-refractivity contribution in [3.8, 4) is 17.2 Å².